The van der Waals surface area contributed by atoms with E-state index in [1.54, 1.807) is 13.0 Å². The molecule has 0 bridgehead atoms. The van der Waals surface area contributed by atoms with E-state index >= 15 is 0 Å². The van der Waals surface area contributed by atoms with E-state index in [0.29, 0.717) is 16.4 Å². The van der Waals surface area contributed by atoms with Gasteiger partial charge in [-0.25, -0.2) is 4.39 Å². The largest absolute Gasteiger partial charge is 0.388 e. The number of aromatic nitrogens is 2. The molecule has 20 heavy (non-hydrogen) atoms. The third-order valence-electron chi connectivity index (χ3n) is 2.88. The topological polar surface area (TPSA) is 85.2 Å². The van der Waals surface area contributed by atoms with Crippen molar-refractivity contribution in [1.29, 1.82) is 0 Å². The van der Waals surface area contributed by atoms with Crippen molar-refractivity contribution < 1.29 is 14.0 Å². The molecular weight excluding hydrogens is 285 g/mol. The van der Waals surface area contributed by atoms with Gasteiger partial charge in [-0.05, 0) is 19.1 Å². The molecule has 2 aromatic rings. The summed E-state index contributed by atoms with van der Waals surface area (Å²) in [5, 5.41) is 13.9. The molecule has 0 saturated carbocycles. The Labute approximate surface area is 120 Å². The number of hydrogen-bond donors (Lipinski definition) is 2. The van der Waals surface area contributed by atoms with E-state index in [9.17, 15) is 9.50 Å². The number of nitrogens with zero attached hydrogens (tertiary/aromatic N) is 2. The Morgan fingerprint density at radius 1 is 1.50 bits per heavy atom. The first-order chi connectivity index (χ1) is 9.41. The van der Waals surface area contributed by atoms with Crippen molar-refractivity contribution in [2.75, 3.05) is 6.54 Å². The van der Waals surface area contributed by atoms with Gasteiger partial charge >= 0.3 is 0 Å². The molecule has 108 valence electrons. The summed E-state index contributed by atoms with van der Waals surface area (Å²) in [5.41, 5.74) is 4.62. The molecule has 2 rings (SSSR count). The summed E-state index contributed by atoms with van der Waals surface area (Å²) in [6.07, 6.45) is 0.265. The molecule has 0 amide bonds. The summed E-state index contributed by atoms with van der Waals surface area (Å²) >= 11 is 5.93. The van der Waals surface area contributed by atoms with Crippen molar-refractivity contribution in [2.24, 2.45) is 5.73 Å². The van der Waals surface area contributed by atoms with Gasteiger partial charge in [0.1, 0.15) is 5.82 Å². The van der Waals surface area contributed by atoms with Gasteiger partial charge in [0.25, 0.3) is 0 Å². The lowest BCUT2D eigenvalue weighted by molar-refractivity contribution is 0.0610. The monoisotopic (exact) mass is 299 g/mol. The van der Waals surface area contributed by atoms with Crippen LogP contribution in [0.1, 0.15) is 24.2 Å². The second kappa shape index (κ2) is 5.87. The first-order valence-electron chi connectivity index (χ1n) is 6.08. The zero-order chi connectivity index (χ0) is 14.8. The van der Waals surface area contributed by atoms with Crippen molar-refractivity contribution in [2.45, 2.75) is 25.4 Å². The van der Waals surface area contributed by atoms with Crippen LogP contribution in [-0.4, -0.2) is 27.4 Å². The van der Waals surface area contributed by atoms with Crippen molar-refractivity contribution in [3.63, 3.8) is 0 Å². The van der Waals surface area contributed by atoms with Crippen LogP contribution in [0.4, 0.5) is 4.39 Å². The Morgan fingerprint density at radius 3 is 2.90 bits per heavy atom. The molecule has 0 fully saturated rings. The lowest BCUT2D eigenvalue weighted by Gasteiger charge is -2.17. The molecule has 0 aliphatic carbocycles. The van der Waals surface area contributed by atoms with E-state index in [0.717, 1.165) is 0 Å². The van der Waals surface area contributed by atoms with E-state index in [4.69, 9.17) is 21.9 Å². The lowest BCUT2D eigenvalue weighted by atomic mass is 10.0. The molecule has 1 heterocycles. The van der Waals surface area contributed by atoms with Gasteiger partial charge in [0.15, 0.2) is 5.82 Å². The van der Waals surface area contributed by atoms with E-state index in [2.05, 4.69) is 10.1 Å². The predicted octanol–water partition coefficient (Wildman–Crippen LogP) is 1.71. The fourth-order valence-electron chi connectivity index (χ4n) is 1.69. The molecule has 1 aromatic heterocycles. The van der Waals surface area contributed by atoms with Crippen LogP contribution in [0, 0.1) is 5.82 Å². The highest BCUT2D eigenvalue weighted by atomic mass is 35.5. The minimum atomic E-state index is -1.11. The predicted molar refractivity (Wildman–Crippen MR) is 71.9 cm³/mol. The number of hydrogen-bond acceptors (Lipinski definition) is 5. The highest BCUT2D eigenvalue weighted by molar-refractivity contribution is 6.31. The van der Waals surface area contributed by atoms with Crippen LogP contribution in [-0.2, 0) is 12.8 Å². The smallest absolute Gasteiger partial charge is 0.229 e. The number of aliphatic hydroxyl groups is 1. The maximum atomic E-state index is 13.6. The number of rotatable bonds is 5. The van der Waals surface area contributed by atoms with Gasteiger partial charge in [-0.15, -0.1) is 0 Å². The first-order valence-corrected chi connectivity index (χ1v) is 6.46. The Morgan fingerprint density at radius 2 is 2.25 bits per heavy atom. The van der Waals surface area contributed by atoms with Crippen molar-refractivity contribution in [1.82, 2.24) is 10.1 Å². The fraction of sp³-hybridized carbons (Fsp3) is 0.385. The summed E-state index contributed by atoms with van der Waals surface area (Å²) < 4.78 is 18.7. The summed E-state index contributed by atoms with van der Waals surface area (Å²) in [6, 6.07) is 4.45. The third kappa shape index (κ3) is 3.53. The van der Waals surface area contributed by atoms with E-state index in [1.807, 2.05) is 0 Å². The van der Waals surface area contributed by atoms with Gasteiger partial charge in [0.05, 0.1) is 12.0 Å². The molecule has 3 N–H and O–H groups in total. The van der Waals surface area contributed by atoms with E-state index < -0.39 is 11.4 Å². The van der Waals surface area contributed by atoms with Crippen LogP contribution in [0.5, 0.6) is 0 Å². The van der Waals surface area contributed by atoms with Gasteiger partial charge in [-0.1, -0.05) is 22.8 Å². The highest BCUT2D eigenvalue weighted by Crippen LogP contribution is 2.21. The molecule has 0 spiro atoms. The molecule has 1 unspecified atom stereocenters. The Kier molecular flexibility index (Phi) is 4.37. The molecule has 1 aromatic carbocycles. The Hall–Kier alpha value is -1.50. The lowest BCUT2D eigenvalue weighted by Crippen LogP contribution is -2.36. The number of benzene rings is 1. The van der Waals surface area contributed by atoms with Crippen LogP contribution < -0.4 is 5.73 Å². The van der Waals surface area contributed by atoms with Gasteiger partial charge in [-0.2, -0.15) is 4.98 Å². The fourth-order valence-corrected chi connectivity index (χ4v) is 1.92. The summed E-state index contributed by atoms with van der Waals surface area (Å²) in [4.78, 5) is 4.10. The van der Waals surface area contributed by atoms with Crippen molar-refractivity contribution >= 4 is 11.6 Å². The molecule has 1 atom stereocenters. The molecule has 5 nitrogen and oxygen atoms in total. The van der Waals surface area contributed by atoms with Crippen LogP contribution >= 0.6 is 11.6 Å². The number of nitrogens with two attached hydrogens (primary N) is 1. The van der Waals surface area contributed by atoms with Crippen LogP contribution in [0.25, 0.3) is 0 Å². The van der Waals surface area contributed by atoms with Crippen LogP contribution in [0.15, 0.2) is 22.7 Å². The van der Waals surface area contributed by atoms with Gasteiger partial charge in [0.2, 0.25) is 5.89 Å². The highest BCUT2D eigenvalue weighted by Gasteiger charge is 2.23. The second-order valence-corrected chi connectivity index (χ2v) is 5.27. The second-order valence-electron chi connectivity index (χ2n) is 4.86. The van der Waals surface area contributed by atoms with Crippen LogP contribution in [0.2, 0.25) is 5.02 Å². The molecule has 0 aliphatic rings. The van der Waals surface area contributed by atoms with Gasteiger partial charge in [0, 0.05) is 23.6 Å². The maximum absolute atomic E-state index is 13.6. The SMILES string of the molecule is CC(O)(CN)Cc1nc(Cc2c(F)cccc2Cl)no1. The normalized spacial score (nSPS) is 14.2. The van der Waals surface area contributed by atoms with Gasteiger partial charge < -0.3 is 15.4 Å². The molecule has 0 aliphatic heterocycles. The summed E-state index contributed by atoms with van der Waals surface area (Å²) in [7, 11) is 0. The zero-order valence-electron chi connectivity index (χ0n) is 10.9. The average molecular weight is 300 g/mol. The summed E-state index contributed by atoms with van der Waals surface area (Å²) in [5.74, 6) is 0.139. The molecular formula is C13H15ClFN3O2. The zero-order valence-corrected chi connectivity index (χ0v) is 11.7. The van der Waals surface area contributed by atoms with Gasteiger partial charge in [-0.3, -0.25) is 0 Å². The molecule has 0 saturated heterocycles. The van der Waals surface area contributed by atoms with Crippen LogP contribution in [0.3, 0.4) is 0 Å². The third-order valence-corrected chi connectivity index (χ3v) is 3.23. The quantitative estimate of drug-likeness (QED) is 0.878. The minimum absolute atomic E-state index is 0.0733. The molecule has 0 radical (unpaired) electrons. The average Bonchev–Trinajstić information content (AvgIpc) is 2.81. The van der Waals surface area contributed by atoms with Crippen molar-refractivity contribution in [3.05, 3.63) is 46.3 Å². The van der Waals surface area contributed by atoms with E-state index in [-0.39, 0.29) is 25.3 Å². The minimum Gasteiger partial charge on any atom is -0.388 e. The van der Waals surface area contributed by atoms with E-state index in [1.165, 1.54) is 12.1 Å². The standard InChI is InChI=1S/C13H15ClFN3O2/c1-13(19,7-16)6-12-17-11(18-20-12)5-8-9(14)3-2-4-10(8)15/h2-4,19H,5-7,16H2,1H3. The number of halogens is 2. The Balaban J connectivity index is 2.14. The molecule has 7 heteroatoms. The van der Waals surface area contributed by atoms with Crippen molar-refractivity contribution in [3.8, 4) is 0 Å². The first kappa shape index (κ1) is 14.9. The maximum Gasteiger partial charge on any atom is 0.229 e. The summed E-state index contributed by atoms with van der Waals surface area (Å²) in [6.45, 7) is 1.65. The Bertz CT molecular complexity index is 581.